The Hall–Kier alpha value is -3.02. The average Bonchev–Trinajstić information content (AvgIpc) is 3.02. The number of carbonyl (C=O) groups excluding carboxylic acids is 2. The van der Waals surface area contributed by atoms with Crippen molar-refractivity contribution in [2.45, 2.75) is 20.0 Å². The summed E-state index contributed by atoms with van der Waals surface area (Å²) in [5, 5.41) is 2.72. The molecule has 0 radical (unpaired) electrons. The Balaban J connectivity index is 1.77. The number of nitrogens with one attached hydrogen (secondary N) is 1. The number of para-hydroxylation sites is 1. The van der Waals surface area contributed by atoms with Gasteiger partial charge in [-0.2, -0.15) is 0 Å². The molecule has 0 bridgehead atoms. The molecule has 24 heavy (non-hydrogen) atoms. The number of hydrogen-bond acceptors (Lipinski definition) is 5. The minimum Gasteiger partial charge on any atom is -0.481 e. The lowest BCUT2D eigenvalue weighted by atomic mass is 10.1. The lowest BCUT2D eigenvalue weighted by Gasteiger charge is -2.16. The van der Waals surface area contributed by atoms with Gasteiger partial charge in [0.25, 0.3) is 5.91 Å². The van der Waals surface area contributed by atoms with Gasteiger partial charge in [0.1, 0.15) is 5.75 Å². The molecule has 0 fully saturated rings. The van der Waals surface area contributed by atoms with Crippen LogP contribution in [0.3, 0.4) is 0 Å². The lowest BCUT2D eigenvalue weighted by molar-refractivity contribution is -0.122. The van der Waals surface area contributed by atoms with Gasteiger partial charge in [-0.25, -0.2) is 0 Å². The minimum atomic E-state index is -0.724. The summed E-state index contributed by atoms with van der Waals surface area (Å²) < 4.78 is 16.1. The summed E-state index contributed by atoms with van der Waals surface area (Å²) in [6.45, 7) is 3.16. The van der Waals surface area contributed by atoms with Crippen LogP contribution in [0.2, 0.25) is 0 Å². The van der Waals surface area contributed by atoms with Gasteiger partial charge in [0.2, 0.25) is 6.79 Å². The van der Waals surface area contributed by atoms with E-state index in [2.05, 4.69) is 5.32 Å². The van der Waals surface area contributed by atoms with Crippen molar-refractivity contribution in [2.24, 2.45) is 0 Å². The van der Waals surface area contributed by atoms with Crippen LogP contribution in [-0.2, 0) is 4.79 Å². The Kier molecular flexibility index (Phi) is 4.37. The molecular weight excluding hydrogens is 310 g/mol. The molecule has 1 aliphatic rings. The Morgan fingerprint density at radius 3 is 2.46 bits per heavy atom. The molecule has 3 rings (SSSR count). The average molecular weight is 327 g/mol. The number of fused-ring (bicyclic) bond motifs is 1. The molecule has 1 N–H and O–H groups in total. The monoisotopic (exact) mass is 327 g/mol. The number of carbonyl (C=O) groups is 2. The zero-order chi connectivity index (χ0) is 17.1. The molecule has 6 nitrogen and oxygen atoms in total. The van der Waals surface area contributed by atoms with Crippen molar-refractivity contribution in [3.05, 3.63) is 48.0 Å². The first-order valence-corrected chi connectivity index (χ1v) is 7.52. The molecule has 0 spiro atoms. The summed E-state index contributed by atoms with van der Waals surface area (Å²) in [7, 11) is 0. The predicted molar refractivity (Wildman–Crippen MR) is 87.7 cm³/mol. The van der Waals surface area contributed by atoms with Gasteiger partial charge in [-0.15, -0.1) is 0 Å². The third-order valence-corrected chi connectivity index (χ3v) is 3.58. The quantitative estimate of drug-likeness (QED) is 0.855. The Bertz CT molecular complexity index is 772. The highest BCUT2D eigenvalue weighted by Gasteiger charge is 2.22. The molecule has 1 heterocycles. The third kappa shape index (κ3) is 3.32. The van der Waals surface area contributed by atoms with Gasteiger partial charge in [0.15, 0.2) is 23.4 Å². The van der Waals surface area contributed by atoms with Crippen LogP contribution in [-0.4, -0.2) is 24.6 Å². The molecule has 0 saturated heterocycles. The fourth-order valence-corrected chi connectivity index (χ4v) is 2.33. The van der Waals surface area contributed by atoms with E-state index in [-0.39, 0.29) is 18.5 Å². The first kappa shape index (κ1) is 15.9. The van der Waals surface area contributed by atoms with E-state index in [0.717, 1.165) is 0 Å². The number of benzene rings is 2. The standard InChI is InChI=1S/C18H17NO5/c1-11(20)14-8-16-17(23-10-22-16)9-15(14)19-18(21)12(2)24-13-6-4-3-5-7-13/h3-9,12H,10H2,1-2H3,(H,19,21)/t12-/m0/s1. The summed E-state index contributed by atoms with van der Waals surface area (Å²) in [4.78, 5) is 24.2. The zero-order valence-corrected chi connectivity index (χ0v) is 13.4. The SMILES string of the molecule is CC(=O)c1cc2c(cc1NC(=O)[C@H](C)Oc1ccccc1)OCO2. The van der Waals surface area contributed by atoms with Gasteiger partial charge in [-0.05, 0) is 32.0 Å². The molecule has 1 amide bonds. The normalized spacial score (nSPS) is 13.2. The first-order chi connectivity index (χ1) is 11.5. The largest absolute Gasteiger partial charge is 0.481 e. The van der Waals surface area contributed by atoms with E-state index in [1.54, 1.807) is 31.2 Å². The van der Waals surface area contributed by atoms with Crippen molar-refractivity contribution in [3.8, 4) is 17.2 Å². The van der Waals surface area contributed by atoms with Gasteiger partial charge in [-0.1, -0.05) is 18.2 Å². The Morgan fingerprint density at radius 1 is 1.12 bits per heavy atom. The van der Waals surface area contributed by atoms with E-state index in [4.69, 9.17) is 14.2 Å². The van der Waals surface area contributed by atoms with Gasteiger partial charge in [-0.3, -0.25) is 9.59 Å². The molecule has 2 aromatic rings. The molecular formula is C18H17NO5. The van der Waals surface area contributed by atoms with E-state index in [0.29, 0.717) is 28.5 Å². The highest BCUT2D eigenvalue weighted by atomic mass is 16.7. The molecule has 0 saturated carbocycles. The second kappa shape index (κ2) is 6.62. The second-order valence-corrected chi connectivity index (χ2v) is 5.37. The third-order valence-electron chi connectivity index (χ3n) is 3.58. The molecule has 0 aliphatic carbocycles. The number of anilines is 1. The summed E-state index contributed by atoms with van der Waals surface area (Å²) in [6, 6.07) is 12.2. The molecule has 0 unspecified atom stereocenters. The molecule has 6 heteroatoms. The minimum absolute atomic E-state index is 0.0948. The molecule has 124 valence electrons. The van der Waals surface area contributed by atoms with Crippen LogP contribution in [0, 0.1) is 0 Å². The van der Waals surface area contributed by atoms with Crippen molar-refractivity contribution < 1.29 is 23.8 Å². The van der Waals surface area contributed by atoms with Crippen LogP contribution in [0.4, 0.5) is 5.69 Å². The van der Waals surface area contributed by atoms with E-state index in [9.17, 15) is 9.59 Å². The van der Waals surface area contributed by atoms with Crippen LogP contribution in [0.5, 0.6) is 17.2 Å². The topological polar surface area (TPSA) is 73.9 Å². The Morgan fingerprint density at radius 2 is 1.79 bits per heavy atom. The van der Waals surface area contributed by atoms with E-state index >= 15 is 0 Å². The van der Waals surface area contributed by atoms with Gasteiger partial charge in [0, 0.05) is 11.6 Å². The highest BCUT2D eigenvalue weighted by molar-refractivity contribution is 6.05. The number of ether oxygens (including phenoxy) is 3. The molecule has 1 atom stereocenters. The fourth-order valence-electron chi connectivity index (χ4n) is 2.33. The summed E-state index contributed by atoms with van der Waals surface area (Å²) >= 11 is 0. The Labute approximate surface area is 139 Å². The number of ketones is 1. The van der Waals surface area contributed by atoms with Crippen LogP contribution >= 0.6 is 0 Å². The second-order valence-electron chi connectivity index (χ2n) is 5.37. The maximum atomic E-state index is 12.4. The summed E-state index contributed by atoms with van der Waals surface area (Å²) in [5.74, 6) is 1.04. The van der Waals surface area contributed by atoms with Gasteiger partial charge in [0.05, 0.1) is 5.69 Å². The first-order valence-electron chi connectivity index (χ1n) is 7.52. The van der Waals surface area contributed by atoms with Crippen LogP contribution < -0.4 is 19.5 Å². The maximum Gasteiger partial charge on any atom is 0.265 e. The van der Waals surface area contributed by atoms with Crippen LogP contribution in [0.15, 0.2) is 42.5 Å². The highest BCUT2D eigenvalue weighted by Crippen LogP contribution is 2.37. The van der Waals surface area contributed by atoms with Gasteiger partial charge >= 0.3 is 0 Å². The molecule has 0 aromatic heterocycles. The number of Topliss-reactive ketones (excluding diaryl/α,β-unsaturated/α-hetero) is 1. The summed E-state index contributed by atoms with van der Waals surface area (Å²) in [5.41, 5.74) is 0.736. The summed E-state index contributed by atoms with van der Waals surface area (Å²) in [6.07, 6.45) is -0.724. The van der Waals surface area contributed by atoms with Crippen molar-refractivity contribution in [1.29, 1.82) is 0 Å². The van der Waals surface area contributed by atoms with E-state index < -0.39 is 6.10 Å². The van der Waals surface area contributed by atoms with Crippen molar-refractivity contribution in [3.63, 3.8) is 0 Å². The van der Waals surface area contributed by atoms with Crippen LogP contribution in [0.1, 0.15) is 24.2 Å². The van der Waals surface area contributed by atoms with Crippen molar-refractivity contribution in [1.82, 2.24) is 0 Å². The fraction of sp³-hybridized carbons (Fsp3) is 0.222. The number of hydrogen-bond donors (Lipinski definition) is 1. The number of amides is 1. The molecule has 2 aromatic carbocycles. The predicted octanol–water partition coefficient (Wildman–Crippen LogP) is 3.02. The lowest BCUT2D eigenvalue weighted by Crippen LogP contribution is -2.30. The van der Waals surface area contributed by atoms with E-state index in [1.807, 2.05) is 18.2 Å². The maximum absolute atomic E-state index is 12.4. The smallest absolute Gasteiger partial charge is 0.265 e. The van der Waals surface area contributed by atoms with Crippen LogP contribution in [0.25, 0.3) is 0 Å². The van der Waals surface area contributed by atoms with E-state index in [1.165, 1.54) is 6.92 Å². The molecule has 1 aliphatic heterocycles. The van der Waals surface area contributed by atoms with Gasteiger partial charge < -0.3 is 19.5 Å². The van der Waals surface area contributed by atoms with Crippen molar-refractivity contribution >= 4 is 17.4 Å². The number of rotatable bonds is 5. The zero-order valence-electron chi connectivity index (χ0n) is 13.4. The van der Waals surface area contributed by atoms with Crippen molar-refractivity contribution in [2.75, 3.05) is 12.1 Å².